The van der Waals surface area contributed by atoms with Gasteiger partial charge in [-0.15, -0.1) is 11.3 Å². The second-order valence-electron chi connectivity index (χ2n) is 4.53. The van der Waals surface area contributed by atoms with Gasteiger partial charge in [-0.25, -0.2) is 4.98 Å². The van der Waals surface area contributed by atoms with E-state index in [4.69, 9.17) is 4.74 Å². The van der Waals surface area contributed by atoms with Crippen LogP contribution >= 0.6 is 11.3 Å². The number of anilines is 1. The standard InChI is InChI=1S/C15H20N2OS/c1-5-18-14-8-10(2)6-7-13(14)16-9-15-11(3)17-12(4)19-15/h6-8,16H,5,9H2,1-4H3. The van der Waals surface area contributed by atoms with Gasteiger partial charge in [0.2, 0.25) is 0 Å². The molecule has 0 aliphatic rings. The van der Waals surface area contributed by atoms with Gasteiger partial charge in [-0.2, -0.15) is 0 Å². The molecule has 0 atom stereocenters. The van der Waals surface area contributed by atoms with E-state index >= 15 is 0 Å². The Balaban J connectivity index is 2.12. The van der Waals surface area contributed by atoms with Crippen LogP contribution in [-0.2, 0) is 6.54 Å². The molecule has 1 aromatic heterocycles. The predicted octanol–water partition coefficient (Wildman–Crippen LogP) is 4.08. The Hall–Kier alpha value is -1.55. The molecule has 0 aliphatic heterocycles. The first kappa shape index (κ1) is 13.9. The van der Waals surface area contributed by atoms with Crippen LogP contribution in [-0.4, -0.2) is 11.6 Å². The van der Waals surface area contributed by atoms with Gasteiger partial charge in [-0.3, -0.25) is 0 Å². The first-order valence-electron chi connectivity index (χ1n) is 6.50. The topological polar surface area (TPSA) is 34.1 Å². The number of hydrogen-bond donors (Lipinski definition) is 1. The van der Waals surface area contributed by atoms with E-state index in [0.717, 1.165) is 28.7 Å². The Morgan fingerprint density at radius 3 is 2.68 bits per heavy atom. The molecular weight excluding hydrogens is 256 g/mol. The van der Waals surface area contributed by atoms with E-state index in [1.54, 1.807) is 11.3 Å². The van der Waals surface area contributed by atoms with Crippen LogP contribution in [0.5, 0.6) is 5.75 Å². The fourth-order valence-corrected chi connectivity index (χ4v) is 2.84. The molecular formula is C15H20N2OS. The van der Waals surface area contributed by atoms with Gasteiger partial charge in [0, 0.05) is 4.88 Å². The van der Waals surface area contributed by atoms with Crippen molar-refractivity contribution in [3.8, 4) is 5.75 Å². The largest absolute Gasteiger partial charge is 0.492 e. The van der Waals surface area contributed by atoms with Crippen LogP contribution in [0, 0.1) is 20.8 Å². The van der Waals surface area contributed by atoms with Crippen molar-refractivity contribution in [2.45, 2.75) is 34.2 Å². The molecule has 0 spiro atoms. The average Bonchev–Trinajstić information content (AvgIpc) is 2.67. The molecule has 1 heterocycles. The summed E-state index contributed by atoms with van der Waals surface area (Å²) >= 11 is 1.74. The molecule has 0 aliphatic carbocycles. The molecule has 2 aromatic rings. The van der Waals surface area contributed by atoms with Crippen molar-refractivity contribution >= 4 is 17.0 Å². The van der Waals surface area contributed by atoms with Crippen molar-refractivity contribution < 1.29 is 4.74 Å². The Morgan fingerprint density at radius 1 is 1.26 bits per heavy atom. The van der Waals surface area contributed by atoms with E-state index in [0.29, 0.717) is 6.61 Å². The van der Waals surface area contributed by atoms with Gasteiger partial charge < -0.3 is 10.1 Å². The molecule has 3 nitrogen and oxygen atoms in total. The summed E-state index contributed by atoms with van der Waals surface area (Å²) in [5.41, 5.74) is 3.36. The molecule has 4 heteroatoms. The number of ether oxygens (including phenoxy) is 1. The number of hydrogen-bond acceptors (Lipinski definition) is 4. The van der Waals surface area contributed by atoms with E-state index in [2.05, 4.69) is 42.3 Å². The third-order valence-electron chi connectivity index (χ3n) is 2.88. The summed E-state index contributed by atoms with van der Waals surface area (Å²) < 4.78 is 5.67. The van der Waals surface area contributed by atoms with E-state index in [9.17, 15) is 0 Å². The summed E-state index contributed by atoms with van der Waals surface area (Å²) in [5, 5.41) is 4.56. The van der Waals surface area contributed by atoms with Crippen molar-refractivity contribution in [2.75, 3.05) is 11.9 Å². The lowest BCUT2D eigenvalue weighted by Gasteiger charge is -2.12. The minimum Gasteiger partial charge on any atom is -0.492 e. The maximum Gasteiger partial charge on any atom is 0.142 e. The zero-order chi connectivity index (χ0) is 13.8. The maximum absolute atomic E-state index is 5.67. The molecule has 0 radical (unpaired) electrons. The maximum atomic E-state index is 5.67. The molecule has 0 fully saturated rings. The van der Waals surface area contributed by atoms with Crippen LogP contribution in [0.25, 0.3) is 0 Å². The van der Waals surface area contributed by atoms with Gasteiger partial charge in [0.05, 0.1) is 29.5 Å². The van der Waals surface area contributed by atoms with Gasteiger partial charge in [0.1, 0.15) is 5.75 Å². The summed E-state index contributed by atoms with van der Waals surface area (Å²) in [6, 6.07) is 6.23. The molecule has 0 amide bonds. The third-order valence-corrected chi connectivity index (χ3v) is 3.95. The van der Waals surface area contributed by atoms with Crippen molar-refractivity contribution in [1.82, 2.24) is 4.98 Å². The van der Waals surface area contributed by atoms with Crippen LogP contribution in [0.1, 0.15) is 28.1 Å². The van der Waals surface area contributed by atoms with Crippen molar-refractivity contribution in [3.63, 3.8) is 0 Å². The SMILES string of the molecule is CCOc1cc(C)ccc1NCc1sc(C)nc1C. The van der Waals surface area contributed by atoms with Crippen LogP contribution in [0.4, 0.5) is 5.69 Å². The van der Waals surface area contributed by atoms with Gasteiger partial charge in [0.25, 0.3) is 0 Å². The number of benzene rings is 1. The molecule has 2 rings (SSSR count). The van der Waals surface area contributed by atoms with E-state index < -0.39 is 0 Å². The van der Waals surface area contributed by atoms with E-state index in [-0.39, 0.29) is 0 Å². The Labute approximate surface area is 118 Å². The predicted molar refractivity (Wildman–Crippen MR) is 81.3 cm³/mol. The van der Waals surface area contributed by atoms with E-state index in [1.165, 1.54) is 10.4 Å². The van der Waals surface area contributed by atoms with Crippen LogP contribution in [0.3, 0.4) is 0 Å². The third kappa shape index (κ3) is 3.47. The highest BCUT2D eigenvalue weighted by Crippen LogP contribution is 2.27. The number of nitrogens with zero attached hydrogens (tertiary/aromatic N) is 1. The van der Waals surface area contributed by atoms with Crippen molar-refractivity contribution in [2.24, 2.45) is 0 Å². The molecule has 102 valence electrons. The second-order valence-corrected chi connectivity index (χ2v) is 5.82. The normalized spacial score (nSPS) is 10.5. The number of nitrogens with one attached hydrogen (secondary N) is 1. The van der Waals surface area contributed by atoms with Gasteiger partial charge in [-0.1, -0.05) is 6.07 Å². The lowest BCUT2D eigenvalue weighted by atomic mass is 10.2. The monoisotopic (exact) mass is 276 g/mol. The summed E-state index contributed by atoms with van der Waals surface area (Å²) in [4.78, 5) is 5.72. The summed E-state index contributed by atoms with van der Waals surface area (Å²) in [6.45, 7) is 9.64. The molecule has 0 unspecified atom stereocenters. The van der Waals surface area contributed by atoms with Crippen LogP contribution in [0.15, 0.2) is 18.2 Å². The highest BCUT2D eigenvalue weighted by Gasteiger charge is 2.07. The highest BCUT2D eigenvalue weighted by molar-refractivity contribution is 7.11. The quantitative estimate of drug-likeness (QED) is 0.893. The van der Waals surface area contributed by atoms with Gasteiger partial charge >= 0.3 is 0 Å². The number of aryl methyl sites for hydroxylation is 3. The van der Waals surface area contributed by atoms with Crippen LogP contribution < -0.4 is 10.1 Å². The summed E-state index contributed by atoms with van der Waals surface area (Å²) in [6.07, 6.45) is 0. The summed E-state index contributed by atoms with van der Waals surface area (Å²) in [5.74, 6) is 0.918. The molecule has 1 aromatic carbocycles. The molecule has 19 heavy (non-hydrogen) atoms. The first-order chi connectivity index (χ1) is 9.10. The lowest BCUT2D eigenvalue weighted by molar-refractivity contribution is 0.341. The van der Waals surface area contributed by atoms with Crippen molar-refractivity contribution in [1.29, 1.82) is 0 Å². The smallest absolute Gasteiger partial charge is 0.142 e. The number of thiazole rings is 1. The summed E-state index contributed by atoms with van der Waals surface area (Å²) in [7, 11) is 0. The molecule has 0 bridgehead atoms. The van der Waals surface area contributed by atoms with Gasteiger partial charge in [-0.05, 0) is 45.4 Å². The minimum atomic E-state index is 0.677. The first-order valence-corrected chi connectivity index (χ1v) is 7.32. The average molecular weight is 276 g/mol. The molecule has 0 saturated heterocycles. The van der Waals surface area contributed by atoms with Gasteiger partial charge in [0.15, 0.2) is 0 Å². The Bertz CT molecular complexity index is 563. The number of rotatable bonds is 5. The van der Waals surface area contributed by atoms with E-state index in [1.807, 2.05) is 13.8 Å². The minimum absolute atomic E-state index is 0.677. The molecule has 1 N–H and O–H groups in total. The fourth-order valence-electron chi connectivity index (χ4n) is 1.96. The molecule has 0 saturated carbocycles. The fraction of sp³-hybridized carbons (Fsp3) is 0.400. The zero-order valence-corrected chi connectivity index (χ0v) is 12.7. The highest BCUT2D eigenvalue weighted by atomic mass is 32.1. The number of aromatic nitrogens is 1. The Morgan fingerprint density at radius 2 is 2.05 bits per heavy atom. The second kappa shape index (κ2) is 6.06. The zero-order valence-electron chi connectivity index (χ0n) is 11.9. The van der Waals surface area contributed by atoms with Crippen LogP contribution in [0.2, 0.25) is 0 Å². The lowest BCUT2D eigenvalue weighted by Crippen LogP contribution is -2.03. The van der Waals surface area contributed by atoms with Crippen molar-refractivity contribution in [3.05, 3.63) is 39.3 Å². The Kier molecular flexibility index (Phi) is 4.43.